The second kappa shape index (κ2) is 10.0. The van der Waals surface area contributed by atoms with Crippen LogP contribution in [0.15, 0.2) is 54.6 Å². The van der Waals surface area contributed by atoms with E-state index in [1.165, 1.54) is 0 Å². The highest BCUT2D eigenvalue weighted by molar-refractivity contribution is 7.98. The molecule has 0 radical (unpaired) electrons. The molecule has 0 fully saturated rings. The third-order valence-electron chi connectivity index (χ3n) is 5.33. The fourth-order valence-electron chi connectivity index (χ4n) is 3.77. The second-order valence-corrected chi connectivity index (χ2v) is 8.86. The van der Waals surface area contributed by atoms with E-state index in [1.54, 1.807) is 60.3 Å². The molecule has 0 spiro atoms. The van der Waals surface area contributed by atoms with Gasteiger partial charge in [-0.25, -0.2) is 9.97 Å². The second-order valence-electron chi connectivity index (χ2n) is 7.87. The van der Waals surface area contributed by atoms with Gasteiger partial charge < -0.3 is 10.1 Å². The number of carbonyl (C=O) groups excluding carboxylic acids is 3. The average molecular weight is 477 g/mol. The number of thioether (sulfide) groups is 1. The van der Waals surface area contributed by atoms with Crippen LogP contribution in [0, 0.1) is 13.8 Å². The van der Waals surface area contributed by atoms with Crippen LogP contribution in [-0.4, -0.2) is 50.6 Å². The first kappa shape index (κ1) is 23.4. The van der Waals surface area contributed by atoms with E-state index in [2.05, 4.69) is 15.3 Å². The quantitative estimate of drug-likeness (QED) is 0.485. The number of carbonyl (C=O) groups is 3. The lowest BCUT2D eigenvalue weighted by Crippen LogP contribution is -2.47. The highest BCUT2D eigenvalue weighted by atomic mass is 32.2. The van der Waals surface area contributed by atoms with Crippen molar-refractivity contribution in [2.75, 3.05) is 17.3 Å². The molecule has 1 aromatic heterocycles. The van der Waals surface area contributed by atoms with Gasteiger partial charge in [0.2, 0.25) is 5.91 Å². The fraction of sp³-hybridized carbons (Fsp3) is 0.240. The number of nitrogens with zero attached hydrogens (tertiary/aromatic N) is 3. The Kier molecular flexibility index (Phi) is 6.93. The Morgan fingerprint density at radius 2 is 1.59 bits per heavy atom. The van der Waals surface area contributed by atoms with Crippen LogP contribution < -0.4 is 10.1 Å². The summed E-state index contributed by atoms with van der Waals surface area (Å²) in [4.78, 5) is 48.6. The SMILES string of the molecule is CSCCC(C(=O)Nc1ccc(Oc2nc(C)cc(C)n2)cc1)N1C(=O)c2ccccc2C1=O. The summed E-state index contributed by atoms with van der Waals surface area (Å²) >= 11 is 1.55. The van der Waals surface area contributed by atoms with Gasteiger partial charge in [-0.05, 0) is 74.7 Å². The molecule has 1 aliphatic rings. The summed E-state index contributed by atoms with van der Waals surface area (Å²) in [5.41, 5.74) is 2.77. The third kappa shape index (κ3) is 4.94. The summed E-state index contributed by atoms with van der Waals surface area (Å²) in [5, 5.41) is 2.82. The number of rotatable bonds is 8. The summed E-state index contributed by atoms with van der Waals surface area (Å²) in [7, 11) is 0. The molecule has 4 rings (SSSR count). The van der Waals surface area contributed by atoms with E-state index >= 15 is 0 Å². The van der Waals surface area contributed by atoms with Crippen molar-refractivity contribution in [1.29, 1.82) is 0 Å². The molecular weight excluding hydrogens is 452 g/mol. The minimum Gasteiger partial charge on any atom is -0.424 e. The van der Waals surface area contributed by atoms with Gasteiger partial charge in [-0.15, -0.1) is 0 Å². The Morgan fingerprint density at radius 1 is 1.00 bits per heavy atom. The number of amides is 3. The maximum atomic E-state index is 13.2. The van der Waals surface area contributed by atoms with E-state index in [-0.39, 0.29) is 6.01 Å². The summed E-state index contributed by atoms with van der Waals surface area (Å²) in [6.07, 6.45) is 2.26. The van der Waals surface area contributed by atoms with Gasteiger partial charge in [0, 0.05) is 17.1 Å². The van der Waals surface area contributed by atoms with Gasteiger partial charge in [0.1, 0.15) is 11.8 Å². The zero-order chi connectivity index (χ0) is 24.2. The molecule has 1 atom stereocenters. The van der Waals surface area contributed by atoms with Crippen LogP contribution >= 0.6 is 11.8 Å². The van der Waals surface area contributed by atoms with Crippen molar-refractivity contribution in [3.05, 3.63) is 77.1 Å². The van der Waals surface area contributed by atoms with Gasteiger partial charge in [-0.1, -0.05) is 12.1 Å². The van der Waals surface area contributed by atoms with Gasteiger partial charge in [-0.3, -0.25) is 19.3 Å². The Labute approximate surface area is 201 Å². The van der Waals surface area contributed by atoms with Crippen molar-refractivity contribution in [3.63, 3.8) is 0 Å². The number of aryl methyl sites for hydroxylation is 2. The van der Waals surface area contributed by atoms with Crippen molar-refractivity contribution in [2.45, 2.75) is 26.3 Å². The minimum absolute atomic E-state index is 0.247. The van der Waals surface area contributed by atoms with Crippen LogP contribution in [0.1, 0.15) is 38.5 Å². The molecule has 1 N–H and O–H groups in total. The number of hydrogen-bond acceptors (Lipinski definition) is 7. The molecule has 0 aliphatic carbocycles. The number of anilines is 1. The van der Waals surface area contributed by atoms with Crippen molar-refractivity contribution in [1.82, 2.24) is 14.9 Å². The topological polar surface area (TPSA) is 101 Å². The summed E-state index contributed by atoms with van der Waals surface area (Å²) in [5.74, 6) is -0.177. The van der Waals surface area contributed by atoms with Crippen LogP contribution in [0.2, 0.25) is 0 Å². The molecule has 2 heterocycles. The van der Waals surface area contributed by atoms with E-state index in [0.717, 1.165) is 16.3 Å². The number of nitrogens with one attached hydrogen (secondary N) is 1. The van der Waals surface area contributed by atoms with Crippen molar-refractivity contribution in [2.24, 2.45) is 0 Å². The maximum absolute atomic E-state index is 13.2. The zero-order valence-electron chi connectivity index (χ0n) is 19.1. The lowest BCUT2D eigenvalue weighted by molar-refractivity contribution is -0.120. The monoisotopic (exact) mass is 476 g/mol. The first-order chi connectivity index (χ1) is 16.4. The molecule has 3 aromatic rings. The van der Waals surface area contributed by atoms with Gasteiger partial charge in [0.25, 0.3) is 11.8 Å². The molecule has 8 nitrogen and oxygen atoms in total. The number of fused-ring (bicyclic) bond motifs is 1. The molecular formula is C25H24N4O4S. The Hall–Kier alpha value is -3.72. The molecule has 1 aliphatic heterocycles. The molecule has 1 unspecified atom stereocenters. The van der Waals surface area contributed by atoms with Crippen LogP contribution in [-0.2, 0) is 4.79 Å². The standard InChI is InChI=1S/C25H24N4O4S/c1-15-14-16(2)27-25(26-15)33-18-10-8-17(9-11-18)28-22(30)21(12-13-34-3)29-23(31)19-6-4-5-7-20(19)24(29)32/h4-11,14,21H,12-13H2,1-3H3,(H,28,30). The predicted molar refractivity (Wildman–Crippen MR) is 130 cm³/mol. The van der Waals surface area contributed by atoms with Gasteiger partial charge in [-0.2, -0.15) is 11.8 Å². The third-order valence-corrected chi connectivity index (χ3v) is 5.97. The Morgan fingerprint density at radius 3 is 2.15 bits per heavy atom. The largest absolute Gasteiger partial charge is 0.424 e. The van der Waals surface area contributed by atoms with Crippen molar-refractivity contribution < 1.29 is 19.1 Å². The minimum atomic E-state index is -0.917. The van der Waals surface area contributed by atoms with Crippen molar-refractivity contribution in [3.8, 4) is 11.8 Å². The summed E-state index contributed by atoms with van der Waals surface area (Å²) in [6, 6.07) is 14.6. The Balaban J connectivity index is 1.49. The molecule has 9 heteroatoms. The van der Waals surface area contributed by atoms with Crippen molar-refractivity contribution >= 4 is 35.2 Å². The van der Waals surface area contributed by atoms with E-state index < -0.39 is 23.8 Å². The number of imide groups is 1. The van der Waals surface area contributed by atoms with E-state index in [4.69, 9.17) is 4.74 Å². The van der Waals surface area contributed by atoms with Gasteiger partial charge in [0.05, 0.1) is 11.1 Å². The molecule has 174 valence electrons. The molecule has 0 bridgehead atoms. The predicted octanol–water partition coefficient (Wildman–Crippen LogP) is 4.24. The van der Waals surface area contributed by atoms with Gasteiger partial charge >= 0.3 is 6.01 Å². The highest BCUT2D eigenvalue weighted by Gasteiger charge is 2.42. The van der Waals surface area contributed by atoms with Crippen LogP contribution in [0.3, 0.4) is 0 Å². The fourth-order valence-corrected chi connectivity index (χ4v) is 4.23. The number of ether oxygens (including phenoxy) is 1. The lowest BCUT2D eigenvalue weighted by Gasteiger charge is -2.25. The van der Waals surface area contributed by atoms with Crippen LogP contribution in [0.4, 0.5) is 5.69 Å². The first-order valence-electron chi connectivity index (χ1n) is 10.7. The number of aromatic nitrogens is 2. The van der Waals surface area contributed by atoms with E-state index in [9.17, 15) is 14.4 Å². The Bertz CT molecular complexity index is 1190. The first-order valence-corrected chi connectivity index (χ1v) is 12.1. The summed E-state index contributed by atoms with van der Waals surface area (Å²) in [6.45, 7) is 3.73. The number of hydrogen-bond donors (Lipinski definition) is 1. The molecule has 3 amide bonds. The van der Waals surface area contributed by atoms with Gasteiger partial charge in [0.15, 0.2) is 0 Å². The summed E-state index contributed by atoms with van der Waals surface area (Å²) < 4.78 is 5.71. The maximum Gasteiger partial charge on any atom is 0.322 e. The highest BCUT2D eigenvalue weighted by Crippen LogP contribution is 2.27. The van der Waals surface area contributed by atoms with Crippen LogP contribution in [0.5, 0.6) is 11.8 Å². The smallest absolute Gasteiger partial charge is 0.322 e. The average Bonchev–Trinajstić information content (AvgIpc) is 3.05. The molecule has 0 saturated carbocycles. The number of benzene rings is 2. The normalized spacial score (nSPS) is 13.6. The molecule has 34 heavy (non-hydrogen) atoms. The molecule has 2 aromatic carbocycles. The molecule has 0 saturated heterocycles. The zero-order valence-corrected chi connectivity index (χ0v) is 19.9. The van der Waals surface area contributed by atoms with E-state index in [0.29, 0.717) is 34.7 Å². The van der Waals surface area contributed by atoms with E-state index in [1.807, 2.05) is 26.2 Å². The van der Waals surface area contributed by atoms with Crippen LogP contribution in [0.25, 0.3) is 0 Å². The lowest BCUT2D eigenvalue weighted by atomic mass is 10.1.